The van der Waals surface area contributed by atoms with E-state index in [9.17, 15) is 0 Å². The number of para-hydroxylation sites is 2. The minimum absolute atomic E-state index is 0.417. The van der Waals surface area contributed by atoms with Gasteiger partial charge in [-0.1, -0.05) is 188 Å². The second-order valence-corrected chi connectivity index (χ2v) is 16.3. The smallest absolute Gasteiger partial charge is 0.143 e. The fraction of sp³-hybridized carbons (Fsp3) is 0.0169. The molecular weight excluding hydrogens is 739 g/mol. The molecule has 284 valence electrons. The van der Waals surface area contributed by atoms with Gasteiger partial charge in [0.15, 0.2) is 0 Å². The molecule has 10 aromatic carbocycles. The maximum Gasteiger partial charge on any atom is 0.143 e. The topological polar surface area (TPSA) is 16.4 Å². The van der Waals surface area contributed by atoms with E-state index in [1.165, 1.54) is 55.5 Å². The van der Waals surface area contributed by atoms with E-state index >= 15 is 0 Å². The van der Waals surface area contributed by atoms with E-state index in [0.717, 1.165) is 61.1 Å². The van der Waals surface area contributed by atoms with Crippen molar-refractivity contribution in [2.24, 2.45) is 0 Å². The summed E-state index contributed by atoms with van der Waals surface area (Å²) in [5.41, 5.74) is 19.9. The van der Waals surface area contributed by atoms with Gasteiger partial charge in [0.1, 0.15) is 11.2 Å². The summed E-state index contributed by atoms with van der Waals surface area (Å²) in [6.45, 7) is 0. The third-order valence-electron chi connectivity index (χ3n) is 13.3. The van der Waals surface area contributed by atoms with E-state index in [2.05, 4.69) is 229 Å². The first-order valence-electron chi connectivity index (χ1n) is 21.1. The molecule has 2 nitrogen and oxygen atoms in total. The van der Waals surface area contributed by atoms with Gasteiger partial charge < -0.3 is 9.32 Å². The molecule has 0 fully saturated rings. The van der Waals surface area contributed by atoms with Crippen molar-refractivity contribution in [2.45, 2.75) is 5.41 Å². The van der Waals surface area contributed by atoms with E-state index in [4.69, 9.17) is 4.42 Å². The quantitative estimate of drug-likeness (QED) is 0.173. The Bertz CT molecular complexity index is 3480. The van der Waals surface area contributed by atoms with E-state index in [1.54, 1.807) is 0 Å². The van der Waals surface area contributed by atoms with Crippen LogP contribution in [0.1, 0.15) is 22.3 Å². The molecule has 11 aromatic rings. The Balaban J connectivity index is 1.00. The number of anilines is 3. The van der Waals surface area contributed by atoms with Crippen LogP contribution in [-0.4, -0.2) is 0 Å². The summed E-state index contributed by atoms with van der Waals surface area (Å²) in [4.78, 5) is 2.45. The second-order valence-electron chi connectivity index (χ2n) is 16.3. The Labute approximate surface area is 354 Å². The van der Waals surface area contributed by atoms with Crippen molar-refractivity contribution < 1.29 is 4.42 Å². The lowest BCUT2D eigenvalue weighted by Gasteiger charge is -2.31. The standard InChI is InChI=1S/C59H37NO/c1-3-17-38(18-4-1)42-26-15-27-47-50-37-49(43-21-7-8-24-46(43)58(50)61-57(42)47)39-33-35-41(36-34-39)60(40-19-5-2-6-20-40)55-32-16-31-54-56(55)48-25-11-14-30-53(48)59(54)51-28-12-9-22-44(51)45-23-10-13-29-52(45)59/h1-37H. The summed E-state index contributed by atoms with van der Waals surface area (Å²) >= 11 is 0. The number of benzene rings is 10. The van der Waals surface area contributed by atoms with Crippen molar-refractivity contribution in [3.8, 4) is 44.5 Å². The average Bonchev–Trinajstić information content (AvgIpc) is 3.97. The molecule has 0 aliphatic heterocycles. The van der Waals surface area contributed by atoms with E-state index in [-0.39, 0.29) is 0 Å². The van der Waals surface area contributed by atoms with Gasteiger partial charge in [-0.25, -0.2) is 0 Å². The lowest BCUT2D eigenvalue weighted by molar-refractivity contribution is 0.674. The summed E-state index contributed by atoms with van der Waals surface area (Å²) in [5.74, 6) is 0. The molecule has 0 saturated heterocycles. The Hall–Kier alpha value is -7.94. The van der Waals surface area contributed by atoms with Crippen LogP contribution >= 0.6 is 0 Å². The summed E-state index contributed by atoms with van der Waals surface area (Å²) in [6.07, 6.45) is 0. The first-order valence-corrected chi connectivity index (χ1v) is 21.1. The largest absolute Gasteiger partial charge is 0.455 e. The summed E-state index contributed by atoms with van der Waals surface area (Å²) < 4.78 is 6.82. The number of hydrogen-bond acceptors (Lipinski definition) is 2. The molecular formula is C59H37NO. The molecule has 0 N–H and O–H groups in total. The molecule has 0 bridgehead atoms. The van der Waals surface area contributed by atoms with Gasteiger partial charge in [0.25, 0.3) is 0 Å². The van der Waals surface area contributed by atoms with Crippen LogP contribution in [0.2, 0.25) is 0 Å². The zero-order valence-electron chi connectivity index (χ0n) is 33.2. The van der Waals surface area contributed by atoms with Gasteiger partial charge in [-0.2, -0.15) is 0 Å². The molecule has 0 unspecified atom stereocenters. The molecule has 2 aliphatic rings. The minimum Gasteiger partial charge on any atom is -0.455 e. The fourth-order valence-electron chi connectivity index (χ4n) is 10.8. The van der Waals surface area contributed by atoms with Gasteiger partial charge in [0, 0.05) is 38.7 Å². The summed E-state index contributed by atoms with van der Waals surface area (Å²) in [6, 6.07) is 82.0. The highest BCUT2D eigenvalue weighted by molar-refractivity contribution is 6.20. The third-order valence-corrected chi connectivity index (χ3v) is 13.3. The highest BCUT2D eigenvalue weighted by Gasteiger charge is 2.52. The molecule has 1 aromatic heterocycles. The van der Waals surface area contributed by atoms with Crippen LogP contribution in [0.5, 0.6) is 0 Å². The Morgan fingerprint density at radius 3 is 1.52 bits per heavy atom. The zero-order chi connectivity index (χ0) is 40.1. The predicted octanol–water partition coefficient (Wildman–Crippen LogP) is 15.9. The lowest BCUT2D eigenvalue weighted by atomic mass is 9.70. The Morgan fingerprint density at radius 1 is 0.311 bits per heavy atom. The summed E-state index contributed by atoms with van der Waals surface area (Å²) in [7, 11) is 0. The number of hydrogen-bond donors (Lipinski definition) is 0. The first kappa shape index (κ1) is 34.0. The van der Waals surface area contributed by atoms with Crippen molar-refractivity contribution >= 4 is 49.8 Å². The van der Waals surface area contributed by atoms with E-state index < -0.39 is 5.41 Å². The van der Waals surface area contributed by atoms with Crippen LogP contribution in [0.4, 0.5) is 17.1 Å². The van der Waals surface area contributed by atoms with E-state index in [1.807, 2.05) is 0 Å². The second kappa shape index (κ2) is 13.0. The molecule has 61 heavy (non-hydrogen) atoms. The molecule has 1 spiro atoms. The molecule has 2 aliphatic carbocycles. The van der Waals surface area contributed by atoms with Crippen LogP contribution in [0.15, 0.2) is 229 Å². The van der Waals surface area contributed by atoms with Crippen molar-refractivity contribution in [1.82, 2.24) is 0 Å². The predicted molar refractivity (Wildman–Crippen MR) is 253 cm³/mol. The molecule has 0 radical (unpaired) electrons. The van der Waals surface area contributed by atoms with E-state index in [0.29, 0.717) is 0 Å². The highest BCUT2D eigenvalue weighted by Crippen LogP contribution is 2.64. The van der Waals surface area contributed by atoms with Crippen LogP contribution in [-0.2, 0) is 5.41 Å². The number of furan rings is 1. The van der Waals surface area contributed by atoms with Gasteiger partial charge >= 0.3 is 0 Å². The lowest BCUT2D eigenvalue weighted by Crippen LogP contribution is -2.26. The van der Waals surface area contributed by atoms with Crippen LogP contribution in [0, 0.1) is 0 Å². The maximum absolute atomic E-state index is 6.82. The van der Waals surface area contributed by atoms with Gasteiger partial charge in [-0.3, -0.25) is 0 Å². The van der Waals surface area contributed by atoms with Gasteiger partial charge in [-0.05, 0) is 97.4 Å². The van der Waals surface area contributed by atoms with Gasteiger partial charge in [0.2, 0.25) is 0 Å². The molecule has 1 heterocycles. The summed E-state index contributed by atoms with van der Waals surface area (Å²) in [5, 5.41) is 4.53. The third kappa shape index (κ3) is 4.73. The van der Waals surface area contributed by atoms with Crippen molar-refractivity contribution in [1.29, 1.82) is 0 Å². The van der Waals surface area contributed by atoms with Crippen molar-refractivity contribution in [2.75, 3.05) is 4.90 Å². The average molecular weight is 776 g/mol. The van der Waals surface area contributed by atoms with Crippen LogP contribution in [0.25, 0.3) is 77.2 Å². The molecule has 0 atom stereocenters. The maximum atomic E-state index is 6.82. The van der Waals surface area contributed by atoms with Crippen molar-refractivity contribution in [3.63, 3.8) is 0 Å². The Morgan fingerprint density at radius 2 is 0.803 bits per heavy atom. The fourth-order valence-corrected chi connectivity index (χ4v) is 10.8. The monoisotopic (exact) mass is 775 g/mol. The number of fused-ring (bicyclic) bond motifs is 15. The van der Waals surface area contributed by atoms with Crippen LogP contribution < -0.4 is 4.90 Å². The van der Waals surface area contributed by atoms with Crippen LogP contribution in [0.3, 0.4) is 0 Å². The molecule has 0 amide bonds. The first-order chi connectivity index (χ1) is 30.3. The zero-order valence-corrected chi connectivity index (χ0v) is 33.2. The highest BCUT2D eigenvalue weighted by atomic mass is 16.3. The minimum atomic E-state index is -0.417. The molecule has 13 rings (SSSR count). The SMILES string of the molecule is c1ccc(-c2cccc3c2oc2c4ccccc4c(-c4ccc(N(c5ccccc5)c5cccc6c5-c5ccccc5C65c6ccccc6-c6ccccc65)cc4)cc32)cc1. The van der Waals surface area contributed by atoms with Gasteiger partial charge in [-0.15, -0.1) is 0 Å². The molecule has 0 saturated carbocycles. The molecule has 2 heteroatoms. The van der Waals surface area contributed by atoms with Gasteiger partial charge in [0.05, 0.1) is 11.1 Å². The normalized spacial score (nSPS) is 13.0. The number of rotatable bonds is 5. The Kier molecular flexibility index (Phi) is 7.26. The number of nitrogens with zero attached hydrogens (tertiary/aromatic N) is 1. The van der Waals surface area contributed by atoms with Crippen molar-refractivity contribution in [3.05, 3.63) is 247 Å².